The van der Waals surface area contributed by atoms with E-state index in [1.54, 1.807) is 0 Å². The lowest BCUT2D eigenvalue weighted by atomic mass is 10.1. The molecule has 2 heteroatoms. The molecule has 0 unspecified atom stereocenters. The number of unbranched alkanes of at least 4 members (excludes halogenated alkanes) is 9. The van der Waals surface area contributed by atoms with Crippen molar-refractivity contribution in [2.75, 3.05) is 0 Å². The first-order chi connectivity index (χ1) is 9.33. The van der Waals surface area contributed by atoms with E-state index in [0.717, 1.165) is 0 Å². The van der Waals surface area contributed by atoms with Gasteiger partial charge in [0.15, 0.2) is 12.4 Å². The fourth-order valence-electron chi connectivity index (χ4n) is 2.57. The normalized spacial score (nSPS) is 10.3. The number of nitrogens with zero attached hydrogens (tertiary/aromatic N) is 1. The Morgan fingerprint density at radius 2 is 1.40 bits per heavy atom. The van der Waals surface area contributed by atoms with Crippen LogP contribution in [0.1, 0.15) is 76.7 Å². The average molecular weight is 298 g/mol. The molecule has 0 radical (unpaired) electrons. The Hall–Kier alpha value is -0.560. The molecule has 0 aliphatic heterocycles. The van der Waals surface area contributed by atoms with E-state index in [1.165, 1.54) is 76.3 Å². The van der Waals surface area contributed by atoms with Crippen LogP contribution in [0.5, 0.6) is 0 Å². The second-order valence-corrected chi connectivity index (χ2v) is 5.80. The molecule has 0 saturated heterocycles. The topological polar surface area (TPSA) is 3.88 Å². The van der Waals surface area contributed by atoms with Gasteiger partial charge in [-0.05, 0) is 19.4 Å². The zero-order valence-corrected chi connectivity index (χ0v) is 14.2. The molecular formula is C18H32ClN. The maximum Gasteiger partial charge on any atom is 0.171 e. The number of aromatic nitrogens is 1. The average Bonchev–Trinajstić information content (AvgIpc) is 2.41. The second kappa shape index (κ2) is 13.4. The minimum absolute atomic E-state index is 0. The fourth-order valence-corrected chi connectivity index (χ4v) is 2.57. The van der Waals surface area contributed by atoms with E-state index in [4.69, 9.17) is 0 Å². The van der Waals surface area contributed by atoms with Crippen LogP contribution in [0, 0.1) is 6.92 Å². The van der Waals surface area contributed by atoms with Crippen LogP contribution in [0.25, 0.3) is 0 Å². The first kappa shape index (κ1) is 19.4. The summed E-state index contributed by atoms with van der Waals surface area (Å²) in [5.74, 6) is 0. The quantitative estimate of drug-likeness (QED) is 0.435. The molecule has 20 heavy (non-hydrogen) atoms. The maximum absolute atomic E-state index is 2.32. The molecular weight excluding hydrogens is 266 g/mol. The van der Waals surface area contributed by atoms with E-state index < -0.39 is 0 Å². The zero-order valence-electron chi connectivity index (χ0n) is 13.4. The van der Waals surface area contributed by atoms with Gasteiger partial charge in [0.25, 0.3) is 0 Å². The third-order valence-corrected chi connectivity index (χ3v) is 3.78. The van der Waals surface area contributed by atoms with Gasteiger partial charge in [0.2, 0.25) is 0 Å². The Morgan fingerprint density at radius 3 is 1.95 bits per heavy atom. The van der Waals surface area contributed by atoms with E-state index in [2.05, 4.69) is 42.9 Å². The minimum Gasteiger partial charge on any atom is -1.00 e. The Bertz CT molecular complexity index is 325. The van der Waals surface area contributed by atoms with Crippen molar-refractivity contribution in [1.29, 1.82) is 0 Å². The monoisotopic (exact) mass is 297 g/mol. The van der Waals surface area contributed by atoms with Gasteiger partial charge >= 0.3 is 0 Å². The molecule has 1 aromatic rings. The van der Waals surface area contributed by atoms with Crippen LogP contribution < -0.4 is 17.0 Å². The van der Waals surface area contributed by atoms with Crippen molar-refractivity contribution in [3.05, 3.63) is 30.1 Å². The highest BCUT2D eigenvalue weighted by atomic mass is 35.5. The van der Waals surface area contributed by atoms with Crippen molar-refractivity contribution in [3.63, 3.8) is 0 Å². The third-order valence-electron chi connectivity index (χ3n) is 3.78. The van der Waals surface area contributed by atoms with Gasteiger partial charge in [-0.2, -0.15) is 0 Å². The number of pyridine rings is 1. The molecule has 116 valence electrons. The summed E-state index contributed by atoms with van der Waals surface area (Å²) in [6, 6.07) is 4.31. The van der Waals surface area contributed by atoms with Gasteiger partial charge < -0.3 is 12.4 Å². The third kappa shape index (κ3) is 10.3. The molecule has 1 nitrogen and oxygen atoms in total. The number of halogens is 1. The van der Waals surface area contributed by atoms with E-state index in [9.17, 15) is 0 Å². The summed E-state index contributed by atoms with van der Waals surface area (Å²) in [6.07, 6.45) is 18.6. The lowest BCUT2D eigenvalue weighted by Crippen LogP contribution is -3.00. The highest BCUT2D eigenvalue weighted by Gasteiger charge is 1.99. The summed E-state index contributed by atoms with van der Waals surface area (Å²) in [6.45, 7) is 5.62. The largest absolute Gasteiger partial charge is 1.00 e. The molecule has 0 saturated carbocycles. The number of hydrogen-bond acceptors (Lipinski definition) is 0. The molecule has 0 aliphatic carbocycles. The van der Waals surface area contributed by atoms with Crippen LogP contribution >= 0.6 is 0 Å². The highest BCUT2D eigenvalue weighted by Crippen LogP contribution is 2.10. The fraction of sp³-hybridized carbons (Fsp3) is 0.722. The predicted molar refractivity (Wildman–Crippen MR) is 83.2 cm³/mol. The Morgan fingerprint density at radius 1 is 0.850 bits per heavy atom. The Labute approximate surface area is 132 Å². The molecule has 0 aliphatic rings. The molecule has 0 spiro atoms. The van der Waals surface area contributed by atoms with Crippen LogP contribution in [-0.2, 0) is 6.54 Å². The predicted octanol–water partition coefficient (Wildman–Crippen LogP) is 2.21. The first-order valence-electron chi connectivity index (χ1n) is 8.28. The summed E-state index contributed by atoms with van der Waals surface area (Å²) >= 11 is 0. The summed E-state index contributed by atoms with van der Waals surface area (Å²) in [7, 11) is 0. The summed E-state index contributed by atoms with van der Waals surface area (Å²) in [4.78, 5) is 0. The highest BCUT2D eigenvalue weighted by molar-refractivity contribution is 5.01. The summed E-state index contributed by atoms with van der Waals surface area (Å²) in [5.41, 5.74) is 1.36. The van der Waals surface area contributed by atoms with Crippen molar-refractivity contribution < 1.29 is 17.0 Å². The van der Waals surface area contributed by atoms with Gasteiger partial charge in [0.05, 0.1) is 0 Å². The van der Waals surface area contributed by atoms with Crippen molar-refractivity contribution in [1.82, 2.24) is 0 Å². The van der Waals surface area contributed by atoms with Crippen LogP contribution in [-0.4, -0.2) is 0 Å². The van der Waals surface area contributed by atoms with Crippen molar-refractivity contribution >= 4 is 0 Å². The van der Waals surface area contributed by atoms with Gasteiger partial charge in [-0.15, -0.1) is 0 Å². The van der Waals surface area contributed by atoms with Gasteiger partial charge in [-0.3, -0.25) is 0 Å². The molecule has 0 bridgehead atoms. The number of hydrogen-bond donors (Lipinski definition) is 0. The molecule has 1 aromatic heterocycles. The van der Waals surface area contributed by atoms with E-state index in [1.807, 2.05) is 0 Å². The van der Waals surface area contributed by atoms with Gasteiger partial charge in [0.1, 0.15) is 6.54 Å². The second-order valence-electron chi connectivity index (χ2n) is 5.80. The van der Waals surface area contributed by atoms with Crippen molar-refractivity contribution in [3.8, 4) is 0 Å². The lowest BCUT2D eigenvalue weighted by molar-refractivity contribution is -0.697. The van der Waals surface area contributed by atoms with E-state index in [-0.39, 0.29) is 12.4 Å². The van der Waals surface area contributed by atoms with Crippen LogP contribution in [0.4, 0.5) is 0 Å². The number of aryl methyl sites for hydroxylation is 2. The van der Waals surface area contributed by atoms with Crippen LogP contribution in [0.15, 0.2) is 24.5 Å². The zero-order chi connectivity index (χ0) is 13.8. The Kier molecular flexibility index (Phi) is 13.0. The van der Waals surface area contributed by atoms with E-state index >= 15 is 0 Å². The molecule has 0 N–H and O–H groups in total. The SMILES string of the molecule is CCCCCCCCCCCC[n+]1cccc(C)c1.[Cl-]. The van der Waals surface area contributed by atoms with Crippen molar-refractivity contribution in [2.45, 2.75) is 84.6 Å². The van der Waals surface area contributed by atoms with Crippen LogP contribution in [0.3, 0.4) is 0 Å². The standard InChI is InChI=1S/C18H32N.ClH/c1-3-4-5-6-7-8-9-10-11-12-15-19-16-13-14-18(2)17-19;/h13-14,16-17H,3-12,15H2,1-2H3;1H/q+1;/p-1. The molecule has 0 amide bonds. The lowest BCUT2D eigenvalue weighted by Gasteiger charge is -2.01. The molecule has 1 heterocycles. The van der Waals surface area contributed by atoms with Gasteiger partial charge in [-0.1, -0.05) is 58.3 Å². The molecule has 0 atom stereocenters. The summed E-state index contributed by atoms with van der Waals surface area (Å²) < 4.78 is 2.32. The molecule has 1 rings (SSSR count). The van der Waals surface area contributed by atoms with Crippen molar-refractivity contribution in [2.24, 2.45) is 0 Å². The van der Waals surface area contributed by atoms with Gasteiger partial charge in [-0.25, -0.2) is 4.57 Å². The maximum atomic E-state index is 2.32. The minimum atomic E-state index is 0. The molecule has 0 aromatic carbocycles. The smallest absolute Gasteiger partial charge is 0.171 e. The van der Waals surface area contributed by atoms with Gasteiger partial charge in [0, 0.05) is 18.1 Å². The number of rotatable bonds is 11. The van der Waals surface area contributed by atoms with E-state index in [0.29, 0.717) is 0 Å². The van der Waals surface area contributed by atoms with Crippen LogP contribution in [0.2, 0.25) is 0 Å². The first-order valence-corrected chi connectivity index (χ1v) is 8.28. The summed E-state index contributed by atoms with van der Waals surface area (Å²) in [5, 5.41) is 0. The Balaban J connectivity index is 0.00000361. The molecule has 0 fully saturated rings.